The Hall–Kier alpha value is -3.35. The molecule has 0 spiro atoms. The van der Waals surface area contributed by atoms with Gasteiger partial charge in [-0.05, 0) is 35.4 Å². The van der Waals surface area contributed by atoms with Crippen molar-refractivity contribution in [2.45, 2.75) is 0 Å². The van der Waals surface area contributed by atoms with Crippen LogP contribution in [0, 0.1) is 0 Å². The highest BCUT2D eigenvalue weighted by molar-refractivity contribution is 6.27. The molecule has 0 atom stereocenters. The van der Waals surface area contributed by atoms with Gasteiger partial charge in [-0.1, -0.05) is 0 Å². The number of esters is 1. The first-order valence-corrected chi connectivity index (χ1v) is 8.50. The van der Waals surface area contributed by atoms with E-state index in [2.05, 4.69) is 0 Å². The third-order valence-corrected chi connectivity index (χ3v) is 4.51. The van der Waals surface area contributed by atoms with Gasteiger partial charge in [0, 0.05) is 11.6 Å². The molecule has 1 aliphatic heterocycles. The lowest BCUT2D eigenvalue weighted by Crippen LogP contribution is -2.01. The normalized spacial score (nSPS) is 13.2. The number of ether oxygens (including phenoxy) is 6. The van der Waals surface area contributed by atoms with Crippen molar-refractivity contribution in [3.8, 4) is 28.7 Å². The van der Waals surface area contributed by atoms with E-state index in [9.17, 15) is 4.79 Å². The maximum absolute atomic E-state index is 12.6. The third-order valence-electron chi connectivity index (χ3n) is 4.51. The van der Waals surface area contributed by atoms with E-state index < -0.39 is 5.97 Å². The largest absolute Gasteiger partial charge is 0.497 e. The second kappa shape index (κ2) is 8.12. The minimum Gasteiger partial charge on any atom is -0.497 e. The highest BCUT2D eigenvalue weighted by Gasteiger charge is 2.29. The van der Waals surface area contributed by atoms with Crippen LogP contribution in [0.5, 0.6) is 28.7 Å². The molecule has 0 saturated heterocycles. The zero-order valence-corrected chi connectivity index (χ0v) is 16.5. The van der Waals surface area contributed by atoms with Crippen LogP contribution in [-0.2, 0) is 9.53 Å². The van der Waals surface area contributed by atoms with Crippen LogP contribution < -0.4 is 23.7 Å². The number of cyclic esters (lactones) is 1. The quantitative estimate of drug-likeness (QED) is 0.677. The van der Waals surface area contributed by atoms with Gasteiger partial charge in [0.1, 0.15) is 18.1 Å². The predicted octanol–water partition coefficient (Wildman–Crippen LogP) is 3.20. The molecule has 2 aromatic carbocycles. The fraction of sp³-hybridized carbons (Fsp3) is 0.286. The molecule has 0 bridgehead atoms. The van der Waals surface area contributed by atoms with Crippen molar-refractivity contribution < 1.29 is 33.2 Å². The van der Waals surface area contributed by atoms with E-state index in [1.165, 1.54) is 21.3 Å². The van der Waals surface area contributed by atoms with E-state index >= 15 is 0 Å². The molecule has 0 aromatic heterocycles. The van der Waals surface area contributed by atoms with Gasteiger partial charge < -0.3 is 28.4 Å². The number of methoxy groups -OCH3 is 5. The minimum absolute atomic E-state index is 0.140. The van der Waals surface area contributed by atoms with E-state index in [4.69, 9.17) is 28.4 Å². The average molecular weight is 386 g/mol. The Morgan fingerprint density at radius 3 is 1.75 bits per heavy atom. The average Bonchev–Trinajstić information content (AvgIpc) is 3.13. The van der Waals surface area contributed by atoms with Gasteiger partial charge in [0.05, 0.1) is 41.1 Å². The van der Waals surface area contributed by atoms with Crippen LogP contribution in [0.3, 0.4) is 0 Å². The van der Waals surface area contributed by atoms with Crippen molar-refractivity contribution in [2.75, 3.05) is 42.2 Å². The van der Waals surface area contributed by atoms with Gasteiger partial charge in [0.25, 0.3) is 0 Å². The van der Waals surface area contributed by atoms with Crippen molar-refractivity contribution in [3.63, 3.8) is 0 Å². The number of rotatable bonds is 7. The van der Waals surface area contributed by atoms with Crippen molar-refractivity contribution >= 4 is 17.1 Å². The van der Waals surface area contributed by atoms with Crippen molar-refractivity contribution in [1.29, 1.82) is 0 Å². The smallest absolute Gasteiger partial charge is 0.339 e. The molecule has 148 valence electrons. The first-order chi connectivity index (χ1) is 13.6. The fourth-order valence-corrected chi connectivity index (χ4v) is 3.13. The van der Waals surface area contributed by atoms with E-state index in [-0.39, 0.29) is 6.61 Å². The lowest BCUT2D eigenvalue weighted by atomic mass is 9.95. The van der Waals surface area contributed by atoms with Crippen LogP contribution in [0.4, 0.5) is 0 Å². The van der Waals surface area contributed by atoms with Crippen LogP contribution in [-0.4, -0.2) is 48.1 Å². The van der Waals surface area contributed by atoms with Crippen LogP contribution >= 0.6 is 0 Å². The maximum Gasteiger partial charge on any atom is 0.339 e. The highest BCUT2D eigenvalue weighted by Crippen LogP contribution is 2.43. The molecule has 0 unspecified atom stereocenters. The monoisotopic (exact) mass is 386 g/mol. The predicted molar refractivity (Wildman–Crippen MR) is 103 cm³/mol. The molecule has 1 heterocycles. The van der Waals surface area contributed by atoms with Crippen molar-refractivity contribution in [2.24, 2.45) is 0 Å². The first-order valence-electron chi connectivity index (χ1n) is 8.50. The SMILES string of the molecule is COc1cc(OC)cc(C2=C(c3cc(OC)c(OC)c(OC)c3)C(=O)OC2)c1. The van der Waals surface area contributed by atoms with Gasteiger partial charge in [-0.3, -0.25) is 0 Å². The van der Waals surface area contributed by atoms with Gasteiger partial charge >= 0.3 is 5.97 Å². The van der Waals surface area contributed by atoms with E-state index in [0.29, 0.717) is 39.9 Å². The molecule has 0 amide bonds. The van der Waals surface area contributed by atoms with Crippen LogP contribution in [0.15, 0.2) is 30.3 Å². The Bertz CT molecular complexity index is 883. The van der Waals surface area contributed by atoms with E-state index in [0.717, 1.165) is 11.1 Å². The minimum atomic E-state index is -0.425. The third kappa shape index (κ3) is 3.43. The molecule has 0 radical (unpaired) electrons. The Balaban J connectivity index is 2.22. The summed E-state index contributed by atoms with van der Waals surface area (Å²) in [5.41, 5.74) is 2.52. The Kier molecular flexibility index (Phi) is 5.63. The molecular formula is C21H22O7. The van der Waals surface area contributed by atoms with Crippen LogP contribution in [0.1, 0.15) is 11.1 Å². The second-order valence-corrected chi connectivity index (χ2v) is 5.95. The molecule has 28 heavy (non-hydrogen) atoms. The van der Waals surface area contributed by atoms with Gasteiger partial charge in [0.15, 0.2) is 11.5 Å². The fourth-order valence-electron chi connectivity index (χ4n) is 3.13. The summed E-state index contributed by atoms with van der Waals surface area (Å²) in [5.74, 6) is 2.16. The number of benzene rings is 2. The number of carbonyl (C=O) groups excluding carboxylic acids is 1. The molecule has 7 heteroatoms. The van der Waals surface area contributed by atoms with E-state index in [1.54, 1.807) is 32.4 Å². The molecule has 0 aliphatic carbocycles. The zero-order valence-electron chi connectivity index (χ0n) is 16.5. The maximum atomic E-state index is 12.6. The summed E-state index contributed by atoms with van der Waals surface area (Å²) in [4.78, 5) is 12.6. The van der Waals surface area contributed by atoms with Crippen LogP contribution in [0.25, 0.3) is 11.1 Å². The molecule has 7 nitrogen and oxygen atoms in total. The summed E-state index contributed by atoms with van der Waals surface area (Å²) in [6.45, 7) is 0.140. The number of hydrogen-bond acceptors (Lipinski definition) is 7. The topological polar surface area (TPSA) is 72.5 Å². The van der Waals surface area contributed by atoms with Crippen LogP contribution in [0.2, 0.25) is 0 Å². The van der Waals surface area contributed by atoms with Gasteiger partial charge in [-0.15, -0.1) is 0 Å². The first kappa shape index (κ1) is 19.4. The molecular weight excluding hydrogens is 364 g/mol. The van der Waals surface area contributed by atoms with E-state index in [1.807, 2.05) is 12.1 Å². The number of hydrogen-bond donors (Lipinski definition) is 0. The Morgan fingerprint density at radius 1 is 0.714 bits per heavy atom. The highest BCUT2D eigenvalue weighted by atomic mass is 16.5. The molecule has 2 aromatic rings. The molecule has 0 fully saturated rings. The summed E-state index contributed by atoms with van der Waals surface area (Å²) < 4.78 is 32.2. The zero-order chi connectivity index (χ0) is 20.3. The second-order valence-electron chi connectivity index (χ2n) is 5.95. The van der Waals surface area contributed by atoms with Gasteiger partial charge in [-0.25, -0.2) is 4.79 Å². The Morgan fingerprint density at radius 2 is 1.29 bits per heavy atom. The van der Waals surface area contributed by atoms with Gasteiger partial charge in [0.2, 0.25) is 5.75 Å². The molecule has 0 N–H and O–H groups in total. The summed E-state index contributed by atoms with van der Waals surface area (Å²) in [7, 11) is 7.72. The standard InChI is InChI=1S/C21H22O7/c1-23-14-6-12(7-15(10-14)24-2)16-11-28-21(22)19(16)13-8-17(25-3)20(27-5)18(9-13)26-4/h6-10H,11H2,1-5H3. The lowest BCUT2D eigenvalue weighted by molar-refractivity contribution is -0.133. The summed E-state index contributed by atoms with van der Waals surface area (Å²) >= 11 is 0. The summed E-state index contributed by atoms with van der Waals surface area (Å²) in [6.07, 6.45) is 0. The summed E-state index contributed by atoms with van der Waals surface area (Å²) in [5, 5.41) is 0. The molecule has 3 rings (SSSR count). The molecule has 1 aliphatic rings. The molecule has 0 saturated carbocycles. The van der Waals surface area contributed by atoms with Crippen molar-refractivity contribution in [3.05, 3.63) is 41.5 Å². The number of carbonyl (C=O) groups is 1. The van der Waals surface area contributed by atoms with Crippen molar-refractivity contribution in [1.82, 2.24) is 0 Å². The lowest BCUT2D eigenvalue weighted by Gasteiger charge is -2.15. The Labute approximate surface area is 163 Å². The summed E-state index contributed by atoms with van der Waals surface area (Å²) in [6, 6.07) is 8.87. The van der Waals surface area contributed by atoms with Gasteiger partial charge in [-0.2, -0.15) is 0 Å².